The van der Waals surface area contributed by atoms with Crippen molar-refractivity contribution < 1.29 is 13.9 Å². The van der Waals surface area contributed by atoms with E-state index in [1.54, 1.807) is 25.1 Å². The monoisotopic (exact) mass is 306 g/mol. The first kappa shape index (κ1) is 15.2. The van der Waals surface area contributed by atoms with Crippen LogP contribution in [-0.4, -0.2) is 18.3 Å². The summed E-state index contributed by atoms with van der Waals surface area (Å²) in [4.78, 5) is 11.9. The highest BCUT2D eigenvalue weighted by atomic mass is 32.1. The number of benzene rings is 1. The first-order valence-electron chi connectivity index (χ1n) is 6.45. The van der Waals surface area contributed by atoms with Crippen molar-refractivity contribution in [2.75, 3.05) is 6.61 Å². The van der Waals surface area contributed by atoms with Gasteiger partial charge in [0.2, 0.25) is 0 Å². The van der Waals surface area contributed by atoms with Crippen LogP contribution in [-0.2, 0) is 16.1 Å². The van der Waals surface area contributed by atoms with Gasteiger partial charge < -0.3 is 10.2 Å². The molecule has 110 valence electrons. The largest absolute Gasteiger partial charge is 0.461 e. The lowest BCUT2D eigenvalue weighted by atomic mass is 10.2. The summed E-state index contributed by atoms with van der Waals surface area (Å²) in [5, 5.41) is 7.80. The molecular weight excluding hydrogens is 291 g/mol. The average Bonchev–Trinajstić information content (AvgIpc) is 2.99. The van der Waals surface area contributed by atoms with Crippen LogP contribution < -0.4 is 5.43 Å². The third kappa shape index (κ3) is 4.39. The molecule has 0 aliphatic heterocycles. The molecule has 4 nitrogen and oxygen atoms in total. The Hall–Kier alpha value is -2.21. The zero-order valence-electron chi connectivity index (χ0n) is 11.5. The van der Waals surface area contributed by atoms with Gasteiger partial charge in [-0.3, -0.25) is 0 Å². The molecule has 1 aromatic heterocycles. The van der Waals surface area contributed by atoms with Crippen LogP contribution in [0, 0.1) is 5.82 Å². The maximum absolute atomic E-state index is 12.8. The maximum Gasteiger partial charge on any atom is 0.359 e. The number of halogens is 1. The zero-order chi connectivity index (χ0) is 15.1. The van der Waals surface area contributed by atoms with Crippen molar-refractivity contribution in [2.45, 2.75) is 13.5 Å². The molecule has 0 amide bonds. The first-order valence-corrected chi connectivity index (χ1v) is 7.39. The van der Waals surface area contributed by atoms with Crippen LogP contribution in [0.5, 0.6) is 0 Å². The van der Waals surface area contributed by atoms with E-state index in [0.29, 0.717) is 18.7 Å². The minimum absolute atomic E-state index is 0.236. The topological polar surface area (TPSA) is 50.7 Å². The van der Waals surface area contributed by atoms with Gasteiger partial charge in [0.15, 0.2) is 5.71 Å². The van der Waals surface area contributed by atoms with Crippen LogP contribution in [0.15, 0.2) is 46.2 Å². The Morgan fingerprint density at radius 3 is 2.71 bits per heavy atom. The predicted molar refractivity (Wildman–Crippen MR) is 80.7 cm³/mol. The van der Waals surface area contributed by atoms with Crippen molar-refractivity contribution in [3.05, 3.63) is 58.0 Å². The number of carbonyl (C=O) groups excluding carboxylic acids is 1. The van der Waals surface area contributed by atoms with Crippen molar-refractivity contribution in [2.24, 2.45) is 5.10 Å². The van der Waals surface area contributed by atoms with Gasteiger partial charge in [-0.15, -0.1) is 0 Å². The van der Waals surface area contributed by atoms with Gasteiger partial charge in [-0.1, -0.05) is 12.1 Å². The van der Waals surface area contributed by atoms with E-state index in [4.69, 9.17) is 4.74 Å². The van der Waals surface area contributed by atoms with Gasteiger partial charge >= 0.3 is 5.97 Å². The number of nitrogens with one attached hydrogen (secondary N) is 1. The molecule has 2 aromatic rings. The molecule has 0 fully saturated rings. The second kappa shape index (κ2) is 7.54. The maximum atomic E-state index is 12.8. The standard InChI is InChI=1S/C15H15FN2O2S/c1-2-20-15(19)14(12-7-8-21-10-12)18-17-9-11-3-5-13(16)6-4-11/h3-8,10,17H,2,9H2,1H3/b18-14-. The Labute approximate surface area is 126 Å². The number of rotatable bonds is 6. The lowest BCUT2D eigenvalue weighted by molar-refractivity contribution is -0.134. The van der Waals surface area contributed by atoms with E-state index < -0.39 is 5.97 Å². The molecule has 6 heteroatoms. The van der Waals surface area contributed by atoms with Crippen molar-refractivity contribution >= 4 is 23.0 Å². The van der Waals surface area contributed by atoms with Crippen molar-refractivity contribution in [3.63, 3.8) is 0 Å². The fourth-order valence-corrected chi connectivity index (χ4v) is 2.28. The molecule has 1 aromatic carbocycles. The quantitative estimate of drug-likeness (QED) is 0.507. The number of hydrogen-bond acceptors (Lipinski definition) is 5. The van der Waals surface area contributed by atoms with Crippen molar-refractivity contribution in [1.29, 1.82) is 0 Å². The Morgan fingerprint density at radius 1 is 1.33 bits per heavy atom. The Kier molecular flexibility index (Phi) is 5.45. The summed E-state index contributed by atoms with van der Waals surface area (Å²) in [5.74, 6) is -0.754. The fraction of sp³-hybridized carbons (Fsp3) is 0.200. The summed E-state index contributed by atoms with van der Waals surface area (Å²) in [5.41, 5.74) is 4.64. The second-order valence-corrected chi connectivity index (χ2v) is 4.93. The lowest BCUT2D eigenvalue weighted by Crippen LogP contribution is -2.22. The van der Waals surface area contributed by atoms with Gasteiger partial charge in [0.25, 0.3) is 0 Å². The third-order valence-corrected chi connectivity index (χ3v) is 3.33. The van der Waals surface area contributed by atoms with Crippen LogP contribution in [0.3, 0.4) is 0 Å². The number of ether oxygens (including phenoxy) is 1. The highest BCUT2D eigenvalue weighted by molar-refractivity contribution is 7.08. The molecule has 21 heavy (non-hydrogen) atoms. The van der Waals surface area contributed by atoms with E-state index in [2.05, 4.69) is 10.5 Å². The zero-order valence-corrected chi connectivity index (χ0v) is 12.3. The van der Waals surface area contributed by atoms with E-state index in [-0.39, 0.29) is 11.5 Å². The number of carbonyl (C=O) groups is 1. The minimum atomic E-state index is -0.470. The first-order chi connectivity index (χ1) is 10.2. The molecule has 0 aliphatic carbocycles. The molecule has 2 rings (SSSR count). The van der Waals surface area contributed by atoms with Gasteiger partial charge in [-0.2, -0.15) is 16.4 Å². The molecule has 0 bridgehead atoms. The van der Waals surface area contributed by atoms with Crippen LogP contribution >= 0.6 is 11.3 Å². The van der Waals surface area contributed by atoms with Gasteiger partial charge in [-0.25, -0.2) is 9.18 Å². The fourth-order valence-electron chi connectivity index (χ4n) is 1.64. The van der Waals surface area contributed by atoms with E-state index in [0.717, 1.165) is 5.56 Å². The highest BCUT2D eigenvalue weighted by Crippen LogP contribution is 2.09. The molecule has 0 radical (unpaired) electrons. The molecule has 0 saturated carbocycles. The number of nitrogens with zero attached hydrogens (tertiary/aromatic N) is 1. The molecule has 0 spiro atoms. The molecule has 0 atom stereocenters. The van der Waals surface area contributed by atoms with Crippen LogP contribution in [0.25, 0.3) is 0 Å². The number of esters is 1. The predicted octanol–water partition coefficient (Wildman–Crippen LogP) is 2.94. The van der Waals surface area contributed by atoms with Crippen LogP contribution in [0.2, 0.25) is 0 Å². The van der Waals surface area contributed by atoms with Crippen LogP contribution in [0.4, 0.5) is 4.39 Å². The Balaban J connectivity index is 2.06. The number of hydrazone groups is 1. The van der Waals surface area contributed by atoms with Crippen molar-refractivity contribution in [3.8, 4) is 0 Å². The minimum Gasteiger partial charge on any atom is -0.461 e. The van der Waals surface area contributed by atoms with E-state index >= 15 is 0 Å². The molecule has 0 aliphatic rings. The van der Waals surface area contributed by atoms with E-state index in [9.17, 15) is 9.18 Å². The Morgan fingerprint density at radius 2 is 2.10 bits per heavy atom. The lowest BCUT2D eigenvalue weighted by Gasteiger charge is -2.06. The molecule has 1 heterocycles. The molecule has 0 unspecified atom stereocenters. The summed E-state index contributed by atoms with van der Waals surface area (Å²) >= 11 is 1.48. The third-order valence-electron chi connectivity index (χ3n) is 2.65. The molecule has 0 saturated heterocycles. The second-order valence-electron chi connectivity index (χ2n) is 4.15. The van der Waals surface area contributed by atoms with Gasteiger partial charge in [0.05, 0.1) is 13.2 Å². The SMILES string of the molecule is CCOC(=O)/C(=N\NCc1ccc(F)cc1)c1ccsc1. The summed E-state index contributed by atoms with van der Waals surface area (Å²) in [7, 11) is 0. The molecule has 1 N–H and O–H groups in total. The summed E-state index contributed by atoms with van der Waals surface area (Å²) in [6, 6.07) is 7.89. The highest BCUT2D eigenvalue weighted by Gasteiger charge is 2.15. The van der Waals surface area contributed by atoms with Gasteiger partial charge in [-0.05, 0) is 36.1 Å². The molecular formula is C15H15FN2O2S. The average molecular weight is 306 g/mol. The summed E-state index contributed by atoms with van der Waals surface area (Å²) < 4.78 is 17.8. The van der Waals surface area contributed by atoms with Crippen LogP contribution in [0.1, 0.15) is 18.1 Å². The van der Waals surface area contributed by atoms with Gasteiger partial charge in [0.1, 0.15) is 5.82 Å². The number of thiophene rings is 1. The van der Waals surface area contributed by atoms with Crippen molar-refractivity contribution in [1.82, 2.24) is 5.43 Å². The van der Waals surface area contributed by atoms with E-state index in [1.807, 2.05) is 10.8 Å². The normalized spacial score (nSPS) is 11.2. The van der Waals surface area contributed by atoms with E-state index in [1.165, 1.54) is 23.5 Å². The summed E-state index contributed by atoms with van der Waals surface area (Å²) in [6.07, 6.45) is 0. The Bertz CT molecular complexity index is 609. The smallest absolute Gasteiger partial charge is 0.359 e. The summed E-state index contributed by atoms with van der Waals surface area (Å²) in [6.45, 7) is 2.43. The number of hydrogen-bond donors (Lipinski definition) is 1. The van der Waals surface area contributed by atoms with Gasteiger partial charge in [0, 0.05) is 10.9 Å².